The lowest BCUT2D eigenvalue weighted by Gasteiger charge is -2.23. The van der Waals surface area contributed by atoms with E-state index in [1.165, 1.54) is 10.4 Å². The molecule has 2 heterocycles. The molecule has 1 aliphatic carbocycles. The molecule has 0 saturated carbocycles. The number of nitrogen functional groups attached to an aromatic ring is 1. The number of halogens is 1. The number of hydrogen-bond acceptors (Lipinski definition) is 4. The number of pyridine rings is 1. The summed E-state index contributed by atoms with van der Waals surface area (Å²) in [7, 11) is 0. The summed E-state index contributed by atoms with van der Waals surface area (Å²) in [6.45, 7) is 0. The quantitative estimate of drug-likeness (QED) is 0.895. The number of nitrogens with one attached hydrogen (secondary N) is 1. The molecule has 0 bridgehead atoms. The summed E-state index contributed by atoms with van der Waals surface area (Å²) < 4.78 is 0. The molecule has 1 aliphatic rings. The first kappa shape index (κ1) is 13.4. The van der Waals surface area contributed by atoms with Gasteiger partial charge in [0.1, 0.15) is 11.5 Å². The van der Waals surface area contributed by atoms with Gasteiger partial charge < -0.3 is 11.1 Å². The van der Waals surface area contributed by atoms with Crippen LogP contribution < -0.4 is 11.1 Å². The molecule has 2 aromatic rings. The second-order valence-corrected chi connectivity index (χ2v) is 6.19. The fraction of sp³-hybridized carbons (Fsp3) is 0.286. The number of nitrogens with two attached hydrogens (primary N) is 1. The van der Waals surface area contributed by atoms with Crippen LogP contribution in [-0.4, -0.2) is 10.9 Å². The monoisotopic (exact) mass is 307 g/mol. The Morgan fingerprint density at radius 1 is 1.45 bits per heavy atom. The Morgan fingerprint density at radius 2 is 2.30 bits per heavy atom. The van der Waals surface area contributed by atoms with Crippen LogP contribution >= 0.6 is 22.9 Å². The third-order valence-corrected chi connectivity index (χ3v) is 4.74. The minimum atomic E-state index is -0.272. The molecule has 0 radical (unpaired) electrons. The van der Waals surface area contributed by atoms with Crippen molar-refractivity contribution in [1.29, 1.82) is 0 Å². The molecule has 20 heavy (non-hydrogen) atoms. The zero-order valence-corrected chi connectivity index (χ0v) is 12.3. The number of amides is 1. The van der Waals surface area contributed by atoms with Crippen molar-refractivity contribution in [3.05, 3.63) is 44.7 Å². The number of rotatable bonds is 2. The van der Waals surface area contributed by atoms with Crippen molar-refractivity contribution < 1.29 is 4.79 Å². The van der Waals surface area contributed by atoms with E-state index in [-0.39, 0.29) is 17.6 Å². The lowest BCUT2D eigenvalue weighted by molar-refractivity contribution is 0.0928. The molecule has 2 aromatic heterocycles. The first-order chi connectivity index (χ1) is 9.65. The minimum absolute atomic E-state index is 0.0387. The van der Waals surface area contributed by atoms with E-state index in [0.717, 1.165) is 19.3 Å². The topological polar surface area (TPSA) is 68.0 Å². The van der Waals surface area contributed by atoms with E-state index >= 15 is 0 Å². The van der Waals surface area contributed by atoms with E-state index in [1.807, 2.05) is 0 Å². The fourth-order valence-corrected chi connectivity index (χ4v) is 3.66. The van der Waals surface area contributed by atoms with Crippen LogP contribution in [0.2, 0.25) is 5.02 Å². The maximum absolute atomic E-state index is 12.3. The van der Waals surface area contributed by atoms with E-state index < -0.39 is 0 Å². The lowest BCUT2D eigenvalue weighted by atomic mass is 9.94. The Hall–Kier alpha value is -1.59. The number of hydrogen-bond donors (Lipinski definition) is 2. The van der Waals surface area contributed by atoms with Gasteiger partial charge in [-0.3, -0.25) is 4.79 Å². The smallest absolute Gasteiger partial charge is 0.272 e. The van der Waals surface area contributed by atoms with Gasteiger partial charge in [-0.15, -0.1) is 11.3 Å². The first-order valence-corrected chi connectivity index (χ1v) is 7.70. The van der Waals surface area contributed by atoms with Crippen molar-refractivity contribution in [2.75, 3.05) is 5.73 Å². The van der Waals surface area contributed by atoms with Crippen molar-refractivity contribution >= 4 is 34.7 Å². The molecule has 0 saturated heterocycles. The summed E-state index contributed by atoms with van der Waals surface area (Å²) in [5, 5.41) is 5.40. The number of carbonyl (C=O) groups is 1. The van der Waals surface area contributed by atoms with Crippen LogP contribution in [0.1, 0.15) is 39.8 Å². The van der Waals surface area contributed by atoms with E-state index in [4.69, 9.17) is 17.3 Å². The van der Waals surface area contributed by atoms with Crippen LogP contribution in [0.25, 0.3) is 0 Å². The summed E-state index contributed by atoms with van der Waals surface area (Å²) in [6.07, 6.45) is 3.11. The normalized spacial score (nSPS) is 17.6. The summed E-state index contributed by atoms with van der Waals surface area (Å²) in [5.74, 6) is 0.0192. The predicted octanol–water partition coefficient (Wildman–Crippen LogP) is 3.19. The van der Waals surface area contributed by atoms with Gasteiger partial charge in [0, 0.05) is 4.88 Å². The van der Waals surface area contributed by atoms with Crippen molar-refractivity contribution in [3.8, 4) is 0 Å². The third-order valence-electron chi connectivity index (χ3n) is 3.44. The molecular weight excluding hydrogens is 294 g/mol. The van der Waals surface area contributed by atoms with Crippen LogP contribution in [0.3, 0.4) is 0 Å². The maximum Gasteiger partial charge on any atom is 0.272 e. The number of carbonyl (C=O) groups excluding carboxylic acids is 1. The molecule has 0 spiro atoms. The Labute approximate surface area is 126 Å². The average molecular weight is 308 g/mol. The highest BCUT2D eigenvalue weighted by Gasteiger charge is 2.24. The standard InChI is InChI=1S/C14H14ClN3OS/c15-9-4-5-12(16)18-13(9)14(19)17-10-2-1-3-11-8(10)6-7-20-11/h4-7,10H,1-3H2,(H2,16,18)(H,17,19). The van der Waals surface area contributed by atoms with E-state index in [2.05, 4.69) is 21.7 Å². The largest absolute Gasteiger partial charge is 0.384 e. The summed E-state index contributed by atoms with van der Waals surface area (Å²) in [5.41, 5.74) is 7.02. The molecule has 104 valence electrons. The van der Waals surface area contributed by atoms with E-state index in [1.54, 1.807) is 23.5 Å². The zero-order chi connectivity index (χ0) is 14.1. The number of aromatic nitrogens is 1. The van der Waals surface area contributed by atoms with Crippen LogP contribution in [0.5, 0.6) is 0 Å². The van der Waals surface area contributed by atoms with Crippen molar-refractivity contribution in [2.45, 2.75) is 25.3 Å². The molecule has 1 amide bonds. The van der Waals surface area contributed by atoms with Gasteiger partial charge in [0.05, 0.1) is 11.1 Å². The number of nitrogens with zero attached hydrogens (tertiary/aromatic N) is 1. The van der Waals surface area contributed by atoms with Gasteiger partial charge in [0.25, 0.3) is 5.91 Å². The van der Waals surface area contributed by atoms with Gasteiger partial charge >= 0.3 is 0 Å². The SMILES string of the molecule is Nc1ccc(Cl)c(C(=O)NC2CCCc3sccc32)n1. The lowest BCUT2D eigenvalue weighted by Crippen LogP contribution is -2.31. The molecule has 3 N–H and O–H groups in total. The first-order valence-electron chi connectivity index (χ1n) is 6.44. The predicted molar refractivity (Wildman–Crippen MR) is 81.1 cm³/mol. The molecule has 3 rings (SSSR count). The Bertz CT molecular complexity index is 656. The Kier molecular flexibility index (Phi) is 3.63. The number of anilines is 1. The van der Waals surface area contributed by atoms with Gasteiger partial charge in [-0.25, -0.2) is 4.98 Å². The molecule has 4 nitrogen and oxygen atoms in total. The van der Waals surface area contributed by atoms with Gasteiger partial charge in [0.15, 0.2) is 0 Å². The average Bonchev–Trinajstić information content (AvgIpc) is 2.91. The summed E-state index contributed by atoms with van der Waals surface area (Å²) in [4.78, 5) is 17.7. The van der Waals surface area contributed by atoms with Crippen molar-refractivity contribution in [1.82, 2.24) is 10.3 Å². The fourth-order valence-electron chi connectivity index (χ4n) is 2.48. The van der Waals surface area contributed by atoms with Crippen LogP contribution in [-0.2, 0) is 6.42 Å². The van der Waals surface area contributed by atoms with Gasteiger partial charge in [-0.05, 0) is 48.4 Å². The zero-order valence-electron chi connectivity index (χ0n) is 10.7. The number of aryl methyl sites for hydroxylation is 1. The maximum atomic E-state index is 12.3. The second kappa shape index (κ2) is 5.42. The summed E-state index contributed by atoms with van der Waals surface area (Å²) >= 11 is 7.76. The molecule has 0 aliphatic heterocycles. The van der Waals surface area contributed by atoms with E-state index in [0.29, 0.717) is 10.8 Å². The molecule has 1 atom stereocenters. The Morgan fingerprint density at radius 3 is 3.15 bits per heavy atom. The Balaban J connectivity index is 1.82. The van der Waals surface area contributed by atoms with Crippen LogP contribution in [0, 0.1) is 0 Å². The highest BCUT2D eigenvalue weighted by molar-refractivity contribution is 7.10. The van der Waals surface area contributed by atoms with Gasteiger partial charge in [0.2, 0.25) is 0 Å². The molecular formula is C14H14ClN3OS. The van der Waals surface area contributed by atoms with Crippen molar-refractivity contribution in [3.63, 3.8) is 0 Å². The molecule has 0 aromatic carbocycles. The van der Waals surface area contributed by atoms with Crippen LogP contribution in [0.15, 0.2) is 23.6 Å². The molecule has 0 fully saturated rings. The minimum Gasteiger partial charge on any atom is -0.384 e. The highest BCUT2D eigenvalue weighted by Crippen LogP contribution is 2.33. The summed E-state index contributed by atoms with van der Waals surface area (Å²) in [6, 6.07) is 5.29. The molecule has 1 unspecified atom stereocenters. The highest BCUT2D eigenvalue weighted by atomic mass is 35.5. The van der Waals surface area contributed by atoms with Gasteiger partial charge in [-0.2, -0.15) is 0 Å². The molecule has 6 heteroatoms. The number of thiophene rings is 1. The second-order valence-electron chi connectivity index (χ2n) is 4.78. The number of fused-ring (bicyclic) bond motifs is 1. The van der Waals surface area contributed by atoms with Gasteiger partial charge in [-0.1, -0.05) is 11.6 Å². The van der Waals surface area contributed by atoms with Crippen LogP contribution in [0.4, 0.5) is 5.82 Å². The van der Waals surface area contributed by atoms with E-state index in [9.17, 15) is 4.79 Å². The van der Waals surface area contributed by atoms with Crippen molar-refractivity contribution in [2.24, 2.45) is 0 Å². The third kappa shape index (κ3) is 2.51.